The number of carbonyl (C=O) groups is 3. The van der Waals surface area contributed by atoms with Gasteiger partial charge in [0, 0.05) is 30.3 Å². The van der Waals surface area contributed by atoms with Gasteiger partial charge in [0.15, 0.2) is 17.3 Å². The van der Waals surface area contributed by atoms with Gasteiger partial charge in [-0.15, -0.1) is 0 Å². The fraction of sp³-hybridized carbons (Fsp3) is 0.511. The molecule has 3 aromatic rings. The molecule has 61 heavy (non-hydrogen) atoms. The molecule has 0 unspecified atom stereocenters. The number of aromatic nitrogens is 2. The minimum absolute atomic E-state index is 0.108. The van der Waals surface area contributed by atoms with Gasteiger partial charge in [-0.05, 0) is 75.6 Å². The van der Waals surface area contributed by atoms with E-state index in [2.05, 4.69) is 10.4 Å². The summed E-state index contributed by atoms with van der Waals surface area (Å²) in [6, 6.07) is 11.5. The molecule has 16 heteroatoms. The molecule has 2 fully saturated rings. The zero-order chi connectivity index (χ0) is 42.9. The Morgan fingerprint density at radius 1 is 0.820 bits per heavy atom. The van der Waals surface area contributed by atoms with E-state index in [1.54, 1.807) is 44.3 Å². The normalized spacial score (nSPS) is 20.1. The van der Waals surface area contributed by atoms with E-state index >= 15 is 4.79 Å². The Balaban J connectivity index is 1.25. The quantitative estimate of drug-likeness (QED) is 0.179. The van der Waals surface area contributed by atoms with Crippen LogP contribution in [0.4, 0.5) is 19.0 Å². The van der Waals surface area contributed by atoms with E-state index in [1.807, 2.05) is 0 Å². The number of carbonyl (C=O) groups excluding carboxylic acids is 3. The Kier molecular flexibility index (Phi) is 11.8. The smallest absolute Gasteiger partial charge is 0.419 e. The van der Waals surface area contributed by atoms with Crippen LogP contribution < -0.4 is 24.3 Å². The maximum Gasteiger partial charge on any atom is 0.419 e. The van der Waals surface area contributed by atoms with Gasteiger partial charge in [-0.3, -0.25) is 28.9 Å². The Hall–Kier alpha value is -5.51. The number of fused-ring (bicyclic) bond motifs is 1. The molecule has 3 amide bonds. The van der Waals surface area contributed by atoms with Crippen molar-refractivity contribution in [2.75, 3.05) is 31.6 Å². The minimum Gasteiger partial charge on any atom is -0.486 e. The van der Waals surface area contributed by atoms with E-state index in [-0.39, 0.29) is 42.3 Å². The van der Waals surface area contributed by atoms with Crippen molar-refractivity contribution in [1.82, 2.24) is 19.6 Å². The maximum atomic E-state index is 15.9. The number of alkyl halides is 3. The average Bonchev–Trinajstić information content (AvgIpc) is 3.94. The van der Waals surface area contributed by atoms with Crippen molar-refractivity contribution in [3.05, 3.63) is 84.0 Å². The summed E-state index contributed by atoms with van der Waals surface area (Å²) >= 11 is 0. The molecule has 4 heterocycles. The Bertz CT molecular complexity index is 2170. The monoisotopic (exact) mass is 847 g/mol. The maximum absolute atomic E-state index is 15.9. The van der Waals surface area contributed by atoms with Gasteiger partial charge in [0.05, 0.1) is 30.8 Å². The summed E-state index contributed by atoms with van der Waals surface area (Å²) in [5.74, 6) is -1.92. The van der Waals surface area contributed by atoms with Gasteiger partial charge in [-0.2, -0.15) is 18.3 Å². The number of anilines is 1. The number of para-hydroxylation sites is 2. The van der Waals surface area contributed by atoms with Crippen LogP contribution in [0.15, 0.2) is 78.4 Å². The van der Waals surface area contributed by atoms with Crippen LogP contribution in [0.2, 0.25) is 0 Å². The van der Waals surface area contributed by atoms with Crippen molar-refractivity contribution in [3.63, 3.8) is 0 Å². The van der Waals surface area contributed by atoms with Crippen LogP contribution in [0.1, 0.15) is 83.6 Å². The molecule has 1 aromatic heterocycles. The number of hydrogen-bond acceptors (Lipinski definition) is 9. The molecule has 3 aliphatic heterocycles. The van der Waals surface area contributed by atoms with E-state index in [9.17, 15) is 27.9 Å². The second-order valence-electron chi connectivity index (χ2n) is 17.3. The first-order valence-electron chi connectivity index (χ1n) is 21.2. The van der Waals surface area contributed by atoms with Gasteiger partial charge < -0.3 is 29.4 Å². The summed E-state index contributed by atoms with van der Waals surface area (Å²) in [5.41, 5.74) is -4.20. The number of nitrogens with one attached hydrogen (secondary N) is 1. The molecule has 0 bridgehead atoms. The van der Waals surface area contributed by atoms with Gasteiger partial charge in [0.25, 0.3) is 17.7 Å². The predicted octanol–water partition coefficient (Wildman–Crippen LogP) is 7.47. The lowest BCUT2D eigenvalue weighted by Crippen LogP contribution is -2.74. The fourth-order valence-electron chi connectivity index (χ4n) is 9.94. The first-order valence-corrected chi connectivity index (χ1v) is 21.2. The van der Waals surface area contributed by atoms with Crippen LogP contribution in [0.25, 0.3) is 0 Å². The number of amides is 3. The highest BCUT2D eigenvalue weighted by Crippen LogP contribution is 2.51. The number of ether oxygens (including phenoxy) is 4. The molecule has 8 rings (SSSR count). The highest BCUT2D eigenvalue weighted by molar-refractivity contribution is 6.06. The summed E-state index contributed by atoms with van der Waals surface area (Å²) in [5, 5.41) is 18.1. The third-order valence-electron chi connectivity index (χ3n) is 12.3. The Labute approximate surface area is 352 Å². The van der Waals surface area contributed by atoms with Gasteiger partial charge in [0.1, 0.15) is 30.5 Å². The lowest BCUT2D eigenvalue weighted by Gasteiger charge is -2.55. The third kappa shape index (κ3) is 8.82. The molecule has 1 atom stereocenters. The van der Waals surface area contributed by atoms with Crippen molar-refractivity contribution >= 4 is 23.5 Å². The van der Waals surface area contributed by atoms with Crippen LogP contribution >= 0.6 is 0 Å². The highest BCUT2D eigenvalue weighted by atomic mass is 19.4. The summed E-state index contributed by atoms with van der Waals surface area (Å²) in [6.45, 7) is 3.39. The molecule has 0 spiro atoms. The molecule has 2 N–H and O–H groups in total. The second kappa shape index (κ2) is 17.1. The van der Waals surface area contributed by atoms with Crippen LogP contribution in [0.5, 0.6) is 23.0 Å². The molecule has 2 saturated carbocycles. The number of halogens is 3. The number of rotatable bonds is 13. The molecule has 0 radical (unpaired) electrons. The summed E-state index contributed by atoms with van der Waals surface area (Å²) < 4.78 is 68.1. The second-order valence-corrected chi connectivity index (χ2v) is 17.3. The lowest BCUT2D eigenvalue weighted by atomic mass is 9.63. The Morgan fingerprint density at radius 3 is 2.00 bits per heavy atom. The number of nitrogens with zero attached hydrogens (tertiary/aromatic N) is 4. The molecular weight excluding hydrogens is 796 g/mol. The zero-order valence-corrected chi connectivity index (χ0v) is 34.4. The van der Waals surface area contributed by atoms with Crippen molar-refractivity contribution in [1.29, 1.82) is 0 Å². The van der Waals surface area contributed by atoms with Crippen molar-refractivity contribution < 1.29 is 51.6 Å². The van der Waals surface area contributed by atoms with E-state index < -0.39 is 58.9 Å². The molecule has 5 aliphatic rings. The van der Waals surface area contributed by atoms with Crippen LogP contribution in [-0.4, -0.2) is 80.0 Å². The van der Waals surface area contributed by atoms with E-state index in [1.165, 1.54) is 38.8 Å². The largest absolute Gasteiger partial charge is 0.486 e. The molecule has 326 valence electrons. The van der Waals surface area contributed by atoms with Gasteiger partial charge >= 0.3 is 6.18 Å². The highest BCUT2D eigenvalue weighted by Gasteiger charge is 2.63. The zero-order valence-electron chi connectivity index (χ0n) is 34.4. The SMILES string of the molecule is CC(C)(O)Cn1ccc(NC(=O)[C@@](C(C2CCCCC2)C2CCCCC2)(N2CC(Oc3ccccc3C(F)(F)F)=CC2=O)N2CC(Oc3cccc4c3OCCO4)=CC2=O)n1. The number of aliphatic hydroxyl groups is 1. The van der Waals surface area contributed by atoms with Crippen molar-refractivity contribution in [3.8, 4) is 23.0 Å². The summed E-state index contributed by atoms with van der Waals surface area (Å²) in [7, 11) is 0. The topological polar surface area (TPSA) is 145 Å². The lowest BCUT2D eigenvalue weighted by molar-refractivity contribution is -0.177. The van der Waals surface area contributed by atoms with Gasteiger partial charge in [0.2, 0.25) is 11.4 Å². The van der Waals surface area contributed by atoms with Gasteiger partial charge in [-0.1, -0.05) is 56.7 Å². The molecule has 0 saturated heterocycles. The molecule has 13 nitrogen and oxygen atoms in total. The first-order chi connectivity index (χ1) is 29.2. The minimum atomic E-state index is -4.75. The van der Waals surface area contributed by atoms with Gasteiger partial charge in [-0.25, -0.2) is 0 Å². The number of benzene rings is 2. The van der Waals surface area contributed by atoms with E-state index in [0.29, 0.717) is 30.5 Å². The third-order valence-corrected chi connectivity index (χ3v) is 12.3. The van der Waals surface area contributed by atoms with Crippen LogP contribution in [0.3, 0.4) is 0 Å². The molecular formula is C45H52F3N5O8. The predicted molar refractivity (Wildman–Crippen MR) is 216 cm³/mol. The van der Waals surface area contributed by atoms with E-state index in [0.717, 1.165) is 76.4 Å². The first kappa shape index (κ1) is 42.2. The summed E-state index contributed by atoms with van der Waals surface area (Å²) in [4.78, 5) is 48.3. The summed E-state index contributed by atoms with van der Waals surface area (Å²) in [6.07, 6.45) is 7.87. The number of hydrogen-bond donors (Lipinski definition) is 2. The van der Waals surface area contributed by atoms with Crippen LogP contribution in [0, 0.1) is 17.8 Å². The standard InChI is InChI=1S/C45H52F3N5O8/c1-43(2,57)28-51-21-20-37(50-51)49-42(56)44(40(29-12-5-3-6-13-29)30-14-7-4-8-15-30,52-26-31(24-38(52)54)60-34-17-10-9-16-33(34)45(46,47)48)53-27-32(25-39(53)55)61-36-19-11-18-35-41(36)59-23-22-58-35/h9-11,16-21,24-25,29-30,40,57H,3-8,12-15,22-23,26-28H2,1-2H3,(H,49,50,56)/t44-/m0/s1. The average molecular weight is 848 g/mol. The van der Waals surface area contributed by atoms with E-state index in [4.69, 9.17) is 18.9 Å². The molecule has 2 aliphatic carbocycles. The fourth-order valence-corrected chi connectivity index (χ4v) is 9.94. The van der Waals surface area contributed by atoms with Crippen molar-refractivity contribution in [2.45, 2.75) is 102 Å². The molecule has 2 aromatic carbocycles. The Morgan fingerprint density at radius 2 is 1.39 bits per heavy atom. The van der Waals surface area contributed by atoms with Crippen molar-refractivity contribution in [2.24, 2.45) is 17.8 Å². The van der Waals surface area contributed by atoms with Crippen LogP contribution in [-0.2, 0) is 27.1 Å².